The molecule has 1 saturated heterocycles. The average Bonchev–Trinajstić information content (AvgIpc) is 3.22. The molecule has 0 unspecified atom stereocenters. The molecular formula is C22H25F2N3O3S. The zero-order valence-electron chi connectivity index (χ0n) is 17.1. The summed E-state index contributed by atoms with van der Waals surface area (Å²) < 4.78 is 52.0. The second kappa shape index (κ2) is 8.53. The summed E-state index contributed by atoms with van der Waals surface area (Å²) in [6, 6.07) is 7.26. The number of rotatable bonds is 5. The van der Waals surface area contributed by atoms with Gasteiger partial charge in [0.25, 0.3) is 5.91 Å². The van der Waals surface area contributed by atoms with Gasteiger partial charge in [0.1, 0.15) is 17.5 Å². The van der Waals surface area contributed by atoms with Gasteiger partial charge in [-0.05, 0) is 37.1 Å². The van der Waals surface area contributed by atoms with Gasteiger partial charge in [-0.1, -0.05) is 18.9 Å². The summed E-state index contributed by atoms with van der Waals surface area (Å²) in [4.78, 5) is 18.4. The van der Waals surface area contributed by atoms with Crippen LogP contribution in [0.2, 0.25) is 0 Å². The topological polar surface area (TPSA) is 79.4 Å². The molecular weight excluding hydrogens is 424 g/mol. The third-order valence-corrected chi connectivity index (χ3v) is 7.91. The summed E-state index contributed by atoms with van der Waals surface area (Å²) in [7, 11) is -3.06. The monoisotopic (exact) mass is 449 g/mol. The highest BCUT2D eigenvalue weighted by molar-refractivity contribution is 7.91. The van der Waals surface area contributed by atoms with Crippen LogP contribution in [-0.4, -0.2) is 55.3 Å². The van der Waals surface area contributed by atoms with Gasteiger partial charge in [-0.2, -0.15) is 0 Å². The highest BCUT2D eigenvalue weighted by atomic mass is 32.2. The van der Waals surface area contributed by atoms with Crippen LogP contribution >= 0.6 is 0 Å². The summed E-state index contributed by atoms with van der Waals surface area (Å²) in [5, 5.41) is 3.19. The maximum Gasteiger partial charge on any atom is 0.255 e. The van der Waals surface area contributed by atoms with Gasteiger partial charge in [0.15, 0.2) is 9.84 Å². The number of pyridine rings is 1. The molecule has 0 radical (unpaired) electrons. The van der Waals surface area contributed by atoms with Crippen LogP contribution in [0.3, 0.4) is 0 Å². The largest absolute Gasteiger partial charge is 0.369 e. The van der Waals surface area contributed by atoms with Crippen molar-refractivity contribution in [3.63, 3.8) is 0 Å². The molecule has 4 rings (SSSR count). The number of amides is 1. The molecule has 2 fully saturated rings. The summed E-state index contributed by atoms with van der Waals surface area (Å²) in [5.41, 5.74) is -0.127. The van der Waals surface area contributed by atoms with Crippen molar-refractivity contribution in [3.05, 3.63) is 59.3 Å². The highest BCUT2D eigenvalue weighted by Crippen LogP contribution is 2.43. The van der Waals surface area contributed by atoms with Crippen molar-refractivity contribution in [2.75, 3.05) is 36.5 Å². The van der Waals surface area contributed by atoms with Gasteiger partial charge in [0, 0.05) is 36.8 Å². The molecule has 166 valence electrons. The number of nitrogens with one attached hydrogen (secondary N) is 1. The van der Waals surface area contributed by atoms with Crippen LogP contribution in [-0.2, 0) is 15.3 Å². The van der Waals surface area contributed by atoms with E-state index in [1.54, 1.807) is 12.1 Å². The number of hydrogen-bond acceptors (Lipinski definition) is 5. The number of sulfone groups is 1. The number of carbonyl (C=O) groups is 1. The third-order valence-electron chi connectivity index (χ3n) is 6.30. The minimum absolute atomic E-state index is 0.0273. The molecule has 2 aliphatic rings. The van der Waals surface area contributed by atoms with Gasteiger partial charge in [0.05, 0.1) is 17.1 Å². The predicted octanol–water partition coefficient (Wildman–Crippen LogP) is 3.15. The van der Waals surface area contributed by atoms with Crippen molar-refractivity contribution < 1.29 is 22.0 Å². The molecule has 1 N–H and O–H groups in total. The van der Waals surface area contributed by atoms with E-state index in [-0.39, 0.29) is 36.1 Å². The Morgan fingerprint density at radius 1 is 1.06 bits per heavy atom. The van der Waals surface area contributed by atoms with E-state index >= 15 is 0 Å². The van der Waals surface area contributed by atoms with Crippen LogP contribution in [0.15, 0.2) is 36.5 Å². The molecule has 1 amide bonds. The van der Waals surface area contributed by atoms with Crippen LogP contribution < -0.4 is 5.32 Å². The Kier molecular flexibility index (Phi) is 5.96. The lowest BCUT2D eigenvalue weighted by atomic mass is 9.78. The summed E-state index contributed by atoms with van der Waals surface area (Å²) in [6.07, 6.45) is 4.63. The Balaban J connectivity index is 1.45. The second-order valence-corrected chi connectivity index (χ2v) is 10.6. The van der Waals surface area contributed by atoms with Crippen molar-refractivity contribution in [3.8, 4) is 0 Å². The molecule has 1 aliphatic heterocycles. The fourth-order valence-corrected chi connectivity index (χ4v) is 5.76. The predicted molar refractivity (Wildman–Crippen MR) is 114 cm³/mol. The van der Waals surface area contributed by atoms with Crippen molar-refractivity contribution in [2.24, 2.45) is 0 Å². The van der Waals surface area contributed by atoms with Gasteiger partial charge >= 0.3 is 0 Å². The normalized spacial score (nSPS) is 19.9. The van der Waals surface area contributed by atoms with Gasteiger partial charge in [-0.15, -0.1) is 0 Å². The first-order chi connectivity index (χ1) is 14.8. The van der Waals surface area contributed by atoms with Gasteiger partial charge < -0.3 is 10.2 Å². The molecule has 1 aromatic carbocycles. The van der Waals surface area contributed by atoms with E-state index in [0.717, 1.165) is 12.8 Å². The second-order valence-electron chi connectivity index (χ2n) is 8.31. The smallest absolute Gasteiger partial charge is 0.255 e. The number of aromatic nitrogens is 1. The molecule has 2 aromatic rings. The Morgan fingerprint density at radius 2 is 1.71 bits per heavy atom. The molecule has 0 bridgehead atoms. The van der Waals surface area contributed by atoms with Crippen molar-refractivity contribution in [1.82, 2.24) is 9.88 Å². The molecule has 2 heterocycles. The molecule has 9 heteroatoms. The Hall–Kier alpha value is -2.55. The lowest BCUT2D eigenvalue weighted by molar-refractivity contribution is 0.0770. The third kappa shape index (κ3) is 4.56. The first kappa shape index (κ1) is 21.7. The molecule has 1 saturated carbocycles. The Bertz CT molecular complexity index is 1030. The van der Waals surface area contributed by atoms with Gasteiger partial charge in [0.2, 0.25) is 0 Å². The first-order valence-electron chi connectivity index (χ1n) is 10.4. The first-order valence-corrected chi connectivity index (χ1v) is 12.3. The SMILES string of the molecule is O=C(c1ccc(NCC2(c3c(F)cccc3F)CCCC2)nc1)N1CCS(=O)(=O)CC1. The summed E-state index contributed by atoms with van der Waals surface area (Å²) >= 11 is 0. The van der Waals surface area contributed by atoms with Crippen LogP contribution in [0.1, 0.15) is 41.6 Å². The number of anilines is 1. The Labute approximate surface area is 180 Å². The summed E-state index contributed by atoms with van der Waals surface area (Å²) in [5.74, 6) is -0.848. The minimum atomic E-state index is -3.06. The minimum Gasteiger partial charge on any atom is -0.369 e. The number of benzene rings is 1. The molecule has 1 aliphatic carbocycles. The fourth-order valence-electron chi connectivity index (χ4n) is 4.55. The van der Waals surface area contributed by atoms with Crippen molar-refractivity contribution in [1.29, 1.82) is 0 Å². The van der Waals surface area contributed by atoms with Gasteiger partial charge in [-0.3, -0.25) is 4.79 Å². The maximum absolute atomic E-state index is 14.5. The molecule has 31 heavy (non-hydrogen) atoms. The number of halogens is 2. The summed E-state index contributed by atoms with van der Waals surface area (Å²) in [6.45, 7) is 0.699. The molecule has 6 nitrogen and oxygen atoms in total. The fraction of sp³-hybridized carbons (Fsp3) is 0.455. The van der Waals surface area contributed by atoms with E-state index in [9.17, 15) is 22.0 Å². The van der Waals surface area contributed by atoms with Crippen LogP contribution in [0, 0.1) is 11.6 Å². The van der Waals surface area contributed by atoms with Crippen LogP contribution in [0.25, 0.3) is 0 Å². The van der Waals surface area contributed by atoms with E-state index in [2.05, 4.69) is 10.3 Å². The zero-order chi connectivity index (χ0) is 22.1. The van der Waals surface area contributed by atoms with Crippen LogP contribution in [0.4, 0.5) is 14.6 Å². The quantitative estimate of drug-likeness (QED) is 0.759. The van der Waals surface area contributed by atoms with Crippen molar-refractivity contribution in [2.45, 2.75) is 31.1 Å². The van der Waals surface area contributed by atoms with Gasteiger partial charge in [-0.25, -0.2) is 22.2 Å². The van der Waals surface area contributed by atoms with E-state index in [0.29, 0.717) is 30.8 Å². The van der Waals surface area contributed by atoms with E-state index in [1.165, 1.54) is 29.3 Å². The Morgan fingerprint density at radius 3 is 2.29 bits per heavy atom. The van der Waals surface area contributed by atoms with Crippen molar-refractivity contribution >= 4 is 21.6 Å². The number of carbonyl (C=O) groups excluding carboxylic acids is 1. The lowest BCUT2D eigenvalue weighted by Gasteiger charge is -2.31. The zero-order valence-corrected chi connectivity index (χ0v) is 17.9. The molecule has 0 atom stereocenters. The van der Waals surface area contributed by atoms with E-state index in [4.69, 9.17) is 0 Å². The van der Waals surface area contributed by atoms with E-state index < -0.39 is 26.9 Å². The van der Waals surface area contributed by atoms with Crippen LogP contribution in [0.5, 0.6) is 0 Å². The maximum atomic E-state index is 14.5. The molecule has 0 spiro atoms. The average molecular weight is 450 g/mol. The van der Waals surface area contributed by atoms with E-state index in [1.807, 2.05) is 0 Å². The number of nitrogens with zero attached hydrogens (tertiary/aromatic N) is 2. The number of hydrogen-bond donors (Lipinski definition) is 1. The standard InChI is InChI=1S/C22H25F2N3O3S/c23-17-4-3-5-18(24)20(17)22(8-1-2-9-22)15-26-19-7-6-16(14-25-19)21(28)27-10-12-31(29,30)13-11-27/h3-7,14H,1-2,8-13,15H2,(H,25,26). The highest BCUT2D eigenvalue weighted by Gasteiger charge is 2.39. The lowest BCUT2D eigenvalue weighted by Crippen LogP contribution is -2.43. The molecule has 1 aromatic heterocycles.